The number of carbonyl (C=O) groups is 2. The lowest BCUT2D eigenvalue weighted by atomic mass is 10.0. The standard InChI is InChI=1S/C67H129NO5/c1-3-5-7-9-11-13-15-17-18-32-36-39-43-47-51-55-59-65(70)64(63-69)68-66(71)60-56-52-48-44-40-37-33-30-28-26-24-22-20-19-21-23-25-27-29-31-34-38-42-46-50-54-58-62-73-67(72)61-57-53-49-45-41-35-16-14-12-10-8-6-4-2/h19-20,23,25,64-65,69-70H,3-18,21-22,24,26-63H2,1-2H3,(H,68,71)/b20-19-,25-23-. The van der Waals surface area contributed by atoms with Crippen molar-refractivity contribution in [3.8, 4) is 0 Å². The maximum absolute atomic E-state index is 12.5. The molecule has 432 valence electrons. The molecule has 0 rings (SSSR count). The van der Waals surface area contributed by atoms with E-state index in [9.17, 15) is 19.8 Å². The summed E-state index contributed by atoms with van der Waals surface area (Å²) in [5.41, 5.74) is 0. The van der Waals surface area contributed by atoms with E-state index >= 15 is 0 Å². The summed E-state index contributed by atoms with van der Waals surface area (Å²) in [6, 6.07) is -0.544. The lowest BCUT2D eigenvalue weighted by molar-refractivity contribution is -0.143. The van der Waals surface area contributed by atoms with Crippen LogP contribution in [0.1, 0.15) is 367 Å². The van der Waals surface area contributed by atoms with E-state index in [0.717, 1.165) is 44.9 Å². The molecule has 6 heteroatoms. The summed E-state index contributed by atoms with van der Waals surface area (Å²) < 4.78 is 5.48. The van der Waals surface area contributed by atoms with E-state index in [4.69, 9.17) is 4.74 Å². The van der Waals surface area contributed by atoms with Crippen molar-refractivity contribution in [2.45, 2.75) is 379 Å². The maximum atomic E-state index is 12.5. The number of aliphatic hydroxyl groups is 2. The maximum Gasteiger partial charge on any atom is 0.305 e. The zero-order valence-corrected chi connectivity index (χ0v) is 49.4. The van der Waals surface area contributed by atoms with Crippen LogP contribution >= 0.6 is 0 Å². The fourth-order valence-electron chi connectivity index (χ4n) is 10.4. The number of unbranched alkanes of at least 4 members (excludes halogenated alkanes) is 47. The number of aliphatic hydroxyl groups excluding tert-OH is 2. The fourth-order valence-corrected chi connectivity index (χ4v) is 10.4. The Labute approximate surface area is 456 Å². The van der Waals surface area contributed by atoms with E-state index < -0.39 is 12.1 Å². The van der Waals surface area contributed by atoms with Gasteiger partial charge in [0.15, 0.2) is 0 Å². The molecule has 0 aliphatic heterocycles. The molecule has 3 N–H and O–H groups in total. The second-order valence-electron chi connectivity index (χ2n) is 22.8. The van der Waals surface area contributed by atoms with E-state index in [-0.39, 0.29) is 18.5 Å². The SMILES string of the molecule is CCCCCCCCCCCCCCCCCCC(O)C(CO)NC(=O)CCCCCCCCCCCCC/C=C\C/C=C\CCCCCCCCCCCOC(=O)CCCCCCCCCCCCCCC. The highest BCUT2D eigenvalue weighted by Crippen LogP contribution is 2.18. The third kappa shape index (κ3) is 59.4. The molecule has 0 aliphatic rings. The topological polar surface area (TPSA) is 95.9 Å². The molecule has 0 heterocycles. The minimum absolute atomic E-state index is 0.0127. The number of hydrogen-bond acceptors (Lipinski definition) is 5. The van der Waals surface area contributed by atoms with E-state index in [1.807, 2.05) is 0 Å². The number of ether oxygens (including phenoxy) is 1. The second kappa shape index (κ2) is 62.9. The van der Waals surface area contributed by atoms with Crippen molar-refractivity contribution in [1.82, 2.24) is 5.32 Å². The van der Waals surface area contributed by atoms with Gasteiger partial charge in [-0.15, -0.1) is 0 Å². The number of carbonyl (C=O) groups excluding carboxylic acids is 2. The minimum atomic E-state index is -0.666. The molecule has 2 atom stereocenters. The van der Waals surface area contributed by atoms with E-state index in [2.05, 4.69) is 43.5 Å². The smallest absolute Gasteiger partial charge is 0.305 e. The molecule has 0 spiro atoms. The van der Waals surface area contributed by atoms with Crippen molar-refractivity contribution in [2.75, 3.05) is 13.2 Å². The number of rotatable bonds is 62. The molecule has 6 nitrogen and oxygen atoms in total. The molecular weight excluding hydrogens is 899 g/mol. The Hall–Kier alpha value is -1.66. The average Bonchev–Trinajstić information content (AvgIpc) is 3.39. The van der Waals surface area contributed by atoms with Gasteiger partial charge in [-0.2, -0.15) is 0 Å². The largest absolute Gasteiger partial charge is 0.466 e. The monoisotopic (exact) mass is 1030 g/mol. The van der Waals surface area contributed by atoms with E-state index in [0.29, 0.717) is 25.9 Å². The molecular formula is C67H129NO5. The van der Waals surface area contributed by atoms with Crippen LogP contribution in [0, 0.1) is 0 Å². The summed E-state index contributed by atoms with van der Waals surface area (Å²) >= 11 is 0. The van der Waals surface area contributed by atoms with Crippen molar-refractivity contribution in [2.24, 2.45) is 0 Å². The Bertz CT molecular complexity index is 1140. The number of amides is 1. The van der Waals surface area contributed by atoms with Crippen molar-refractivity contribution in [3.63, 3.8) is 0 Å². The van der Waals surface area contributed by atoms with Crippen LogP contribution in [0.5, 0.6) is 0 Å². The highest BCUT2D eigenvalue weighted by molar-refractivity contribution is 5.76. The zero-order chi connectivity index (χ0) is 52.9. The summed E-state index contributed by atoms with van der Waals surface area (Å²) in [4.78, 5) is 24.5. The van der Waals surface area contributed by atoms with Gasteiger partial charge in [0.25, 0.3) is 0 Å². The van der Waals surface area contributed by atoms with E-state index in [1.54, 1.807) is 0 Å². The summed E-state index contributed by atoms with van der Waals surface area (Å²) in [6.45, 7) is 4.98. The predicted molar refractivity (Wildman–Crippen MR) is 320 cm³/mol. The number of nitrogens with one attached hydrogen (secondary N) is 1. The van der Waals surface area contributed by atoms with Crippen LogP contribution in [0.3, 0.4) is 0 Å². The van der Waals surface area contributed by atoms with Gasteiger partial charge in [-0.1, -0.05) is 321 Å². The predicted octanol–water partition coefficient (Wildman–Crippen LogP) is 21.0. The van der Waals surface area contributed by atoms with Gasteiger partial charge in [-0.3, -0.25) is 9.59 Å². The molecule has 1 amide bonds. The zero-order valence-electron chi connectivity index (χ0n) is 49.4. The highest BCUT2D eigenvalue weighted by atomic mass is 16.5. The van der Waals surface area contributed by atoms with Crippen LogP contribution in [0.15, 0.2) is 24.3 Å². The van der Waals surface area contributed by atoms with Crippen molar-refractivity contribution >= 4 is 11.9 Å². The van der Waals surface area contributed by atoms with Gasteiger partial charge in [0.05, 0.1) is 25.4 Å². The first-order valence-corrected chi connectivity index (χ1v) is 33.1. The number of hydrogen-bond donors (Lipinski definition) is 3. The average molecular weight is 1030 g/mol. The quantitative estimate of drug-likeness (QED) is 0.0320. The van der Waals surface area contributed by atoms with Gasteiger partial charge in [0.1, 0.15) is 0 Å². The van der Waals surface area contributed by atoms with Crippen LogP contribution in [-0.4, -0.2) is 47.4 Å². The molecule has 0 bridgehead atoms. The first-order chi connectivity index (χ1) is 36.0. The Morgan fingerprint density at radius 1 is 0.384 bits per heavy atom. The Balaban J connectivity index is 3.41. The minimum Gasteiger partial charge on any atom is -0.466 e. The molecule has 0 aromatic carbocycles. The van der Waals surface area contributed by atoms with Crippen LogP contribution in [0.25, 0.3) is 0 Å². The Kier molecular flexibility index (Phi) is 61.4. The summed E-state index contributed by atoms with van der Waals surface area (Å²) in [6.07, 6.45) is 77.7. The van der Waals surface area contributed by atoms with Crippen LogP contribution < -0.4 is 5.32 Å². The molecule has 0 saturated heterocycles. The van der Waals surface area contributed by atoms with Gasteiger partial charge in [-0.25, -0.2) is 0 Å². The Morgan fingerprint density at radius 2 is 0.685 bits per heavy atom. The molecule has 0 aromatic rings. The third-order valence-electron chi connectivity index (χ3n) is 15.5. The van der Waals surface area contributed by atoms with Crippen molar-refractivity contribution in [3.05, 3.63) is 24.3 Å². The highest BCUT2D eigenvalue weighted by Gasteiger charge is 2.20. The van der Waals surface area contributed by atoms with Crippen molar-refractivity contribution < 1.29 is 24.5 Å². The molecule has 2 unspecified atom stereocenters. The Morgan fingerprint density at radius 3 is 1.04 bits per heavy atom. The van der Waals surface area contributed by atoms with Gasteiger partial charge in [0, 0.05) is 12.8 Å². The van der Waals surface area contributed by atoms with Gasteiger partial charge < -0.3 is 20.3 Å². The van der Waals surface area contributed by atoms with Gasteiger partial charge >= 0.3 is 5.97 Å². The normalized spacial score (nSPS) is 12.7. The van der Waals surface area contributed by atoms with Crippen LogP contribution in [0.4, 0.5) is 0 Å². The molecule has 0 radical (unpaired) electrons. The van der Waals surface area contributed by atoms with Gasteiger partial charge in [-0.05, 0) is 57.8 Å². The fraction of sp³-hybridized carbons (Fsp3) is 0.910. The first-order valence-electron chi connectivity index (χ1n) is 33.1. The number of allylic oxidation sites excluding steroid dienone is 4. The third-order valence-corrected chi connectivity index (χ3v) is 15.5. The molecule has 0 aliphatic carbocycles. The lowest BCUT2D eigenvalue weighted by Gasteiger charge is -2.22. The molecule has 0 fully saturated rings. The van der Waals surface area contributed by atoms with E-state index in [1.165, 1.54) is 289 Å². The summed E-state index contributed by atoms with van der Waals surface area (Å²) in [5.74, 6) is -0.0228. The summed E-state index contributed by atoms with van der Waals surface area (Å²) in [7, 11) is 0. The van der Waals surface area contributed by atoms with Crippen LogP contribution in [0.2, 0.25) is 0 Å². The first kappa shape index (κ1) is 71.3. The molecule has 0 aromatic heterocycles. The molecule has 73 heavy (non-hydrogen) atoms. The summed E-state index contributed by atoms with van der Waals surface area (Å²) in [5, 5.41) is 23.3. The molecule has 0 saturated carbocycles. The van der Waals surface area contributed by atoms with Crippen molar-refractivity contribution in [1.29, 1.82) is 0 Å². The van der Waals surface area contributed by atoms with Gasteiger partial charge in [0.2, 0.25) is 5.91 Å². The lowest BCUT2D eigenvalue weighted by Crippen LogP contribution is -2.45. The number of esters is 1. The second-order valence-corrected chi connectivity index (χ2v) is 22.8. The van der Waals surface area contributed by atoms with Crippen LogP contribution in [-0.2, 0) is 14.3 Å².